The number of aryl methyl sites for hydroxylation is 2. The number of nitrogens with zero attached hydrogens (tertiary/aromatic N) is 4. The first-order valence-corrected chi connectivity index (χ1v) is 7.94. The lowest BCUT2D eigenvalue weighted by atomic mass is 10.1. The van der Waals surface area contributed by atoms with Crippen LogP contribution in [0.15, 0.2) is 24.5 Å². The number of fused-ring (bicyclic) bond motifs is 1. The van der Waals surface area contributed by atoms with Crippen molar-refractivity contribution in [3.05, 3.63) is 41.7 Å². The Hall–Kier alpha value is -2.24. The molecular weight excluding hydrogens is 278 g/mol. The van der Waals surface area contributed by atoms with E-state index in [0.717, 1.165) is 44.5 Å². The average molecular weight is 299 g/mol. The van der Waals surface area contributed by atoms with Crippen molar-refractivity contribution in [2.75, 3.05) is 6.54 Å². The van der Waals surface area contributed by atoms with E-state index in [1.54, 1.807) is 6.20 Å². The number of carbonyl (C=O) groups is 1. The summed E-state index contributed by atoms with van der Waals surface area (Å²) in [5.74, 6) is 1.28. The van der Waals surface area contributed by atoms with Gasteiger partial charge in [-0.05, 0) is 37.3 Å². The number of aromatic nitrogens is 4. The Morgan fingerprint density at radius 3 is 3.09 bits per heavy atom. The van der Waals surface area contributed by atoms with E-state index in [2.05, 4.69) is 20.5 Å². The summed E-state index contributed by atoms with van der Waals surface area (Å²) in [7, 11) is 0. The molecule has 1 aliphatic rings. The molecule has 6 nitrogen and oxygen atoms in total. The number of hydrogen-bond donors (Lipinski definition) is 1. The van der Waals surface area contributed by atoms with Gasteiger partial charge < -0.3 is 9.88 Å². The topological polar surface area (TPSA) is 72.7 Å². The molecule has 6 heteroatoms. The highest BCUT2D eigenvalue weighted by Gasteiger charge is 2.19. The van der Waals surface area contributed by atoms with Gasteiger partial charge >= 0.3 is 0 Å². The van der Waals surface area contributed by atoms with E-state index in [0.29, 0.717) is 12.4 Å². The van der Waals surface area contributed by atoms with Gasteiger partial charge in [0.1, 0.15) is 5.82 Å². The largest absolute Gasteiger partial charge is 0.349 e. The molecule has 116 valence electrons. The first-order valence-electron chi connectivity index (χ1n) is 7.94. The molecule has 3 heterocycles. The molecule has 0 atom stereocenters. The van der Waals surface area contributed by atoms with E-state index in [9.17, 15) is 4.79 Å². The lowest BCUT2D eigenvalue weighted by molar-refractivity contribution is 0.0937. The van der Waals surface area contributed by atoms with Crippen LogP contribution in [-0.2, 0) is 19.4 Å². The fourth-order valence-electron chi connectivity index (χ4n) is 2.77. The average Bonchev–Trinajstić information content (AvgIpc) is 2.81. The molecule has 1 N–H and O–H groups in total. The van der Waals surface area contributed by atoms with Crippen LogP contribution >= 0.6 is 0 Å². The fraction of sp³-hybridized carbons (Fsp3) is 0.500. The highest BCUT2D eigenvalue weighted by Crippen LogP contribution is 2.14. The van der Waals surface area contributed by atoms with Crippen molar-refractivity contribution in [3.8, 4) is 0 Å². The van der Waals surface area contributed by atoms with Crippen molar-refractivity contribution in [2.45, 2.75) is 45.1 Å². The highest BCUT2D eigenvalue weighted by atomic mass is 16.2. The molecule has 1 amide bonds. The van der Waals surface area contributed by atoms with Crippen LogP contribution < -0.4 is 5.32 Å². The van der Waals surface area contributed by atoms with Crippen LogP contribution in [-0.4, -0.2) is 32.2 Å². The molecule has 0 saturated heterocycles. The normalized spacial score (nSPS) is 14.2. The van der Waals surface area contributed by atoms with Crippen LogP contribution in [0.2, 0.25) is 0 Å². The van der Waals surface area contributed by atoms with Crippen LogP contribution in [0.3, 0.4) is 0 Å². The first-order chi connectivity index (χ1) is 10.8. The summed E-state index contributed by atoms with van der Waals surface area (Å²) < 4.78 is 1.98. The minimum Gasteiger partial charge on any atom is -0.349 e. The third kappa shape index (κ3) is 3.50. The van der Waals surface area contributed by atoms with Gasteiger partial charge in [-0.3, -0.25) is 9.78 Å². The molecular formula is C16H21N5O. The van der Waals surface area contributed by atoms with Gasteiger partial charge in [-0.25, -0.2) is 0 Å². The van der Waals surface area contributed by atoms with Crippen molar-refractivity contribution >= 4 is 5.91 Å². The third-order valence-corrected chi connectivity index (χ3v) is 3.96. The van der Waals surface area contributed by atoms with Crippen molar-refractivity contribution in [3.63, 3.8) is 0 Å². The molecule has 0 aliphatic carbocycles. The van der Waals surface area contributed by atoms with E-state index in [-0.39, 0.29) is 5.91 Å². The summed E-state index contributed by atoms with van der Waals surface area (Å²) in [6.45, 7) is 1.48. The molecule has 2 aromatic rings. The molecule has 0 fully saturated rings. The summed E-state index contributed by atoms with van der Waals surface area (Å²) >= 11 is 0. The molecule has 0 aromatic carbocycles. The molecule has 0 unspecified atom stereocenters. The maximum absolute atomic E-state index is 12.3. The van der Waals surface area contributed by atoms with Gasteiger partial charge in [0.15, 0.2) is 0 Å². The summed E-state index contributed by atoms with van der Waals surface area (Å²) in [5.41, 5.74) is 1.19. The number of nitrogens with one attached hydrogen (secondary N) is 1. The molecule has 0 saturated carbocycles. The van der Waals surface area contributed by atoms with E-state index < -0.39 is 0 Å². The zero-order valence-electron chi connectivity index (χ0n) is 12.7. The Labute approximate surface area is 130 Å². The summed E-state index contributed by atoms with van der Waals surface area (Å²) in [5, 5.41) is 11.2. The van der Waals surface area contributed by atoms with Gasteiger partial charge in [0.05, 0.1) is 0 Å². The Balaban J connectivity index is 1.51. The van der Waals surface area contributed by atoms with Crippen molar-refractivity contribution in [1.82, 2.24) is 25.1 Å². The van der Waals surface area contributed by atoms with Crippen LogP contribution in [0, 0.1) is 0 Å². The fourth-order valence-corrected chi connectivity index (χ4v) is 2.77. The molecule has 0 bridgehead atoms. The molecule has 3 rings (SSSR count). The summed E-state index contributed by atoms with van der Waals surface area (Å²) in [6.07, 6.45) is 9.75. The van der Waals surface area contributed by atoms with Gasteiger partial charge in [0, 0.05) is 31.9 Å². The number of rotatable bonds is 5. The second kappa shape index (κ2) is 7.15. The number of pyridine rings is 1. The zero-order valence-corrected chi connectivity index (χ0v) is 12.7. The van der Waals surface area contributed by atoms with E-state index >= 15 is 0 Å². The van der Waals surface area contributed by atoms with Crippen LogP contribution in [0.25, 0.3) is 0 Å². The van der Waals surface area contributed by atoms with Gasteiger partial charge in [-0.15, -0.1) is 10.2 Å². The van der Waals surface area contributed by atoms with Gasteiger partial charge in [-0.2, -0.15) is 0 Å². The van der Waals surface area contributed by atoms with Crippen LogP contribution in [0.5, 0.6) is 0 Å². The van der Waals surface area contributed by atoms with E-state index in [1.165, 1.54) is 12.0 Å². The minimum absolute atomic E-state index is 0.119. The second-order valence-electron chi connectivity index (χ2n) is 5.62. The molecule has 1 aliphatic heterocycles. The van der Waals surface area contributed by atoms with Gasteiger partial charge in [-0.1, -0.05) is 12.5 Å². The van der Waals surface area contributed by atoms with E-state index in [4.69, 9.17) is 0 Å². The SMILES string of the molecule is O=C(NCCCc1cccnc1)c1nnc2n1CCCCC2. The third-order valence-electron chi connectivity index (χ3n) is 3.96. The quantitative estimate of drug-likeness (QED) is 0.854. The lowest BCUT2D eigenvalue weighted by Crippen LogP contribution is -2.28. The Morgan fingerprint density at radius 1 is 1.27 bits per heavy atom. The Morgan fingerprint density at radius 2 is 2.23 bits per heavy atom. The van der Waals surface area contributed by atoms with Crippen LogP contribution in [0.4, 0.5) is 0 Å². The smallest absolute Gasteiger partial charge is 0.289 e. The molecule has 2 aromatic heterocycles. The highest BCUT2D eigenvalue weighted by molar-refractivity contribution is 5.90. The molecule has 0 radical (unpaired) electrons. The summed E-state index contributed by atoms with van der Waals surface area (Å²) in [4.78, 5) is 16.3. The predicted octanol–water partition coefficient (Wildman–Crippen LogP) is 1.76. The Kier molecular flexibility index (Phi) is 4.78. The van der Waals surface area contributed by atoms with Gasteiger partial charge in [0.2, 0.25) is 5.82 Å². The monoisotopic (exact) mass is 299 g/mol. The number of hydrogen-bond acceptors (Lipinski definition) is 4. The number of amides is 1. The predicted molar refractivity (Wildman–Crippen MR) is 82.5 cm³/mol. The molecule has 22 heavy (non-hydrogen) atoms. The second-order valence-corrected chi connectivity index (χ2v) is 5.62. The standard InChI is InChI=1S/C16H21N5O/c22-16(18-10-5-7-13-6-4-9-17-12-13)15-20-19-14-8-2-1-3-11-21(14)15/h4,6,9,12H,1-3,5,7-8,10-11H2,(H,18,22). The Bertz CT molecular complexity index is 623. The minimum atomic E-state index is -0.119. The van der Waals surface area contributed by atoms with Crippen molar-refractivity contribution in [1.29, 1.82) is 0 Å². The van der Waals surface area contributed by atoms with E-state index in [1.807, 2.05) is 22.9 Å². The number of carbonyl (C=O) groups excluding carboxylic acids is 1. The van der Waals surface area contributed by atoms with Crippen molar-refractivity contribution < 1.29 is 4.79 Å². The first kappa shape index (κ1) is 14.7. The lowest BCUT2D eigenvalue weighted by Gasteiger charge is -2.07. The molecule has 0 spiro atoms. The van der Waals surface area contributed by atoms with Crippen molar-refractivity contribution in [2.24, 2.45) is 0 Å². The summed E-state index contributed by atoms with van der Waals surface area (Å²) in [6, 6.07) is 3.98. The van der Waals surface area contributed by atoms with Crippen LogP contribution in [0.1, 0.15) is 47.7 Å². The zero-order chi connectivity index (χ0) is 15.2. The maximum atomic E-state index is 12.3. The van der Waals surface area contributed by atoms with Gasteiger partial charge in [0.25, 0.3) is 5.91 Å². The maximum Gasteiger partial charge on any atom is 0.289 e.